The Bertz CT molecular complexity index is 702. The fourth-order valence-corrected chi connectivity index (χ4v) is 3.32. The molecular weight excluding hydrogens is 354 g/mol. The minimum absolute atomic E-state index is 0.0806. The van der Waals surface area contributed by atoms with Gasteiger partial charge in [0.1, 0.15) is 12.4 Å². The largest absolute Gasteiger partial charge is 0.465 e. The van der Waals surface area contributed by atoms with Gasteiger partial charge in [-0.2, -0.15) is 0 Å². The van der Waals surface area contributed by atoms with Crippen LogP contribution < -0.4 is 15.5 Å². The van der Waals surface area contributed by atoms with Gasteiger partial charge in [-0.1, -0.05) is 6.07 Å². The maximum Gasteiger partial charge on any atom is 0.405 e. The van der Waals surface area contributed by atoms with Gasteiger partial charge in [0.15, 0.2) is 0 Å². The Morgan fingerprint density at radius 3 is 2.63 bits per heavy atom. The minimum Gasteiger partial charge on any atom is -0.465 e. The van der Waals surface area contributed by atoms with Gasteiger partial charge in [0, 0.05) is 25.8 Å². The van der Waals surface area contributed by atoms with Gasteiger partial charge >= 0.3 is 12.1 Å². The third-order valence-corrected chi connectivity index (χ3v) is 4.83. The monoisotopic (exact) mass is 377 g/mol. The Labute approximate surface area is 156 Å². The van der Waals surface area contributed by atoms with Gasteiger partial charge < -0.3 is 20.4 Å². The molecule has 3 heterocycles. The summed E-state index contributed by atoms with van der Waals surface area (Å²) in [4.78, 5) is 41.8. The lowest BCUT2D eigenvalue weighted by molar-refractivity contribution is -0.117. The number of amides is 4. The number of hydrogen-bond donors (Lipinski definition) is 4. The van der Waals surface area contributed by atoms with Crippen molar-refractivity contribution < 1.29 is 24.6 Å². The number of nitrogens with one attached hydrogen (secondary N) is 2. The molecule has 0 bridgehead atoms. The molecule has 10 heteroatoms. The Morgan fingerprint density at radius 2 is 2.07 bits per heavy atom. The van der Waals surface area contributed by atoms with Crippen molar-refractivity contribution in [2.45, 2.75) is 31.4 Å². The van der Waals surface area contributed by atoms with Crippen LogP contribution in [0, 0.1) is 0 Å². The molecule has 1 aromatic rings. The SMILES string of the molecule is O=C(O)NC(CCN1CCC(O)CC1)c1ccc(N2CC(=O)NC2=O)nc1. The zero-order valence-electron chi connectivity index (χ0n) is 14.8. The van der Waals surface area contributed by atoms with Crippen LogP contribution in [-0.4, -0.2) is 70.4 Å². The number of carbonyl (C=O) groups excluding carboxylic acids is 2. The van der Waals surface area contributed by atoms with Gasteiger partial charge in [-0.05, 0) is 30.9 Å². The maximum absolute atomic E-state index is 11.7. The van der Waals surface area contributed by atoms with E-state index in [1.807, 2.05) is 0 Å². The van der Waals surface area contributed by atoms with E-state index in [-0.39, 0.29) is 18.6 Å². The lowest BCUT2D eigenvalue weighted by atomic mass is 10.0. The second-order valence-electron chi connectivity index (χ2n) is 6.75. The fourth-order valence-electron chi connectivity index (χ4n) is 3.32. The predicted molar refractivity (Wildman–Crippen MR) is 95.3 cm³/mol. The number of hydrogen-bond acceptors (Lipinski definition) is 6. The number of nitrogens with zero attached hydrogens (tertiary/aromatic N) is 3. The molecule has 0 aliphatic carbocycles. The van der Waals surface area contributed by atoms with Crippen molar-refractivity contribution in [3.8, 4) is 0 Å². The van der Waals surface area contributed by atoms with E-state index in [4.69, 9.17) is 5.11 Å². The quantitative estimate of drug-likeness (QED) is 0.523. The molecule has 4 amide bonds. The summed E-state index contributed by atoms with van der Waals surface area (Å²) in [6.45, 7) is 2.19. The van der Waals surface area contributed by atoms with Crippen molar-refractivity contribution in [3.63, 3.8) is 0 Å². The van der Waals surface area contributed by atoms with Crippen molar-refractivity contribution in [3.05, 3.63) is 23.9 Å². The highest BCUT2D eigenvalue weighted by Crippen LogP contribution is 2.21. The number of likely N-dealkylation sites (tertiary alicyclic amines) is 1. The Morgan fingerprint density at radius 1 is 1.33 bits per heavy atom. The second kappa shape index (κ2) is 8.31. The Kier molecular flexibility index (Phi) is 5.87. The van der Waals surface area contributed by atoms with Crippen molar-refractivity contribution in [1.82, 2.24) is 20.5 Å². The van der Waals surface area contributed by atoms with Crippen LogP contribution in [0.4, 0.5) is 15.4 Å². The molecule has 0 spiro atoms. The standard InChI is InChI=1S/C17H23N5O5/c23-12-3-6-21(7-4-12)8-5-13(19-17(26)27)11-1-2-14(18-9-11)22-10-15(24)20-16(22)25/h1-2,9,12-13,19,23H,3-8,10H2,(H,26,27)(H,20,24,25). The number of piperidine rings is 1. The van der Waals surface area contributed by atoms with Crippen LogP contribution in [0.2, 0.25) is 0 Å². The second-order valence-corrected chi connectivity index (χ2v) is 6.75. The van der Waals surface area contributed by atoms with E-state index in [9.17, 15) is 19.5 Å². The third-order valence-electron chi connectivity index (χ3n) is 4.83. The molecule has 1 unspecified atom stereocenters. The average molecular weight is 377 g/mol. The minimum atomic E-state index is -1.12. The smallest absolute Gasteiger partial charge is 0.405 e. The first kappa shape index (κ1) is 19.1. The number of aliphatic hydroxyl groups excluding tert-OH is 1. The molecule has 2 aliphatic rings. The number of anilines is 1. The highest BCUT2D eigenvalue weighted by atomic mass is 16.4. The number of aromatic nitrogens is 1. The molecule has 0 aromatic carbocycles. The lowest BCUT2D eigenvalue weighted by Crippen LogP contribution is -2.38. The molecule has 2 aliphatic heterocycles. The molecule has 3 rings (SSSR count). The molecule has 4 N–H and O–H groups in total. The molecule has 0 saturated carbocycles. The number of carboxylic acid groups (broad SMARTS) is 1. The van der Waals surface area contributed by atoms with Crippen LogP contribution in [0.3, 0.4) is 0 Å². The van der Waals surface area contributed by atoms with Gasteiger partial charge in [0.2, 0.25) is 5.91 Å². The molecule has 2 saturated heterocycles. The normalized spacial score (nSPS) is 19.8. The highest BCUT2D eigenvalue weighted by Gasteiger charge is 2.29. The van der Waals surface area contributed by atoms with E-state index in [0.29, 0.717) is 24.3 Å². The summed E-state index contributed by atoms with van der Waals surface area (Å²) in [6, 6.07) is 2.35. The summed E-state index contributed by atoms with van der Waals surface area (Å²) < 4.78 is 0. The van der Waals surface area contributed by atoms with Crippen LogP contribution in [0.25, 0.3) is 0 Å². The molecule has 10 nitrogen and oxygen atoms in total. The van der Waals surface area contributed by atoms with E-state index in [1.54, 1.807) is 12.1 Å². The predicted octanol–water partition coefficient (Wildman–Crippen LogP) is 0.293. The Hall–Kier alpha value is -2.72. The summed E-state index contributed by atoms with van der Waals surface area (Å²) in [5.74, 6) is -0.0517. The van der Waals surface area contributed by atoms with Crippen molar-refractivity contribution in [2.24, 2.45) is 0 Å². The van der Waals surface area contributed by atoms with Gasteiger partial charge in [0.05, 0.1) is 12.1 Å². The molecule has 2 fully saturated rings. The zero-order chi connectivity index (χ0) is 19.4. The van der Waals surface area contributed by atoms with E-state index < -0.39 is 18.2 Å². The molecule has 0 radical (unpaired) electrons. The number of pyridine rings is 1. The maximum atomic E-state index is 11.7. The molecule has 1 aromatic heterocycles. The zero-order valence-corrected chi connectivity index (χ0v) is 14.8. The first-order chi connectivity index (χ1) is 12.9. The van der Waals surface area contributed by atoms with E-state index in [0.717, 1.165) is 25.9 Å². The molecule has 1 atom stereocenters. The van der Waals surface area contributed by atoms with Crippen LogP contribution >= 0.6 is 0 Å². The fraction of sp³-hybridized carbons (Fsp3) is 0.529. The van der Waals surface area contributed by atoms with Crippen molar-refractivity contribution in [1.29, 1.82) is 0 Å². The molecular formula is C17H23N5O5. The van der Waals surface area contributed by atoms with E-state index in [1.165, 1.54) is 11.1 Å². The van der Waals surface area contributed by atoms with Crippen LogP contribution in [0.15, 0.2) is 18.3 Å². The van der Waals surface area contributed by atoms with Crippen molar-refractivity contribution in [2.75, 3.05) is 31.1 Å². The Balaban J connectivity index is 1.64. The van der Waals surface area contributed by atoms with Crippen LogP contribution in [-0.2, 0) is 4.79 Å². The number of imide groups is 1. The third kappa shape index (κ3) is 4.92. The summed E-state index contributed by atoms with van der Waals surface area (Å²) >= 11 is 0. The van der Waals surface area contributed by atoms with E-state index in [2.05, 4.69) is 20.5 Å². The summed E-state index contributed by atoms with van der Waals surface area (Å²) in [5, 5.41) is 23.4. The average Bonchev–Trinajstić information content (AvgIpc) is 2.98. The molecule has 27 heavy (non-hydrogen) atoms. The van der Waals surface area contributed by atoms with Gasteiger partial charge in [-0.25, -0.2) is 14.6 Å². The number of rotatable bonds is 6. The van der Waals surface area contributed by atoms with E-state index >= 15 is 0 Å². The van der Waals surface area contributed by atoms with Crippen LogP contribution in [0.5, 0.6) is 0 Å². The molecule has 146 valence electrons. The number of aliphatic hydroxyl groups is 1. The first-order valence-corrected chi connectivity index (χ1v) is 8.89. The summed E-state index contributed by atoms with van der Waals surface area (Å²) in [5.41, 5.74) is 0.684. The number of urea groups is 1. The lowest BCUT2D eigenvalue weighted by Gasteiger charge is -2.30. The van der Waals surface area contributed by atoms with Gasteiger partial charge in [0.25, 0.3) is 0 Å². The van der Waals surface area contributed by atoms with Gasteiger partial charge in [-0.15, -0.1) is 0 Å². The summed E-state index contributed by atoms with van der Waals surface area (Å²) in [6.07, 6.45) is 2.16. The van der Waals surface area contributed by atoms with Crippen molar-refractivity contribution >= 4 is 23.8 Å². The van der Waals surface area contributed by atoms with Crippen LogP contribution in [0.1, 0.15) is 30.9 Å². The topological polar surface area (TPSA) is 135 Å². The van der Waals surface area contributed by atoms with Gasteiger partial charge in [-0.3, -0.25) is 15.0 Å². The number of carbonyl (C=O) groups is 3. The first-order valence-electron chi connectivity index (χ1n) is 8.89. The highest BCUT2D eigenvalue weighted by molar-refractivity contribution is 6.11. The summed E-state index contributed by atoms with van der Waals surface area (Å²) in [7, 11) is 0.